The second-order valence-corrected chi connectivity index (χ2v) is 8.24. The molecule has 2 N–H and O–H groups in total. The smallest absolute Gasteiger partial charge is 0.238 e. The number of primary sulfonamides is 1. The van der Waals surface area contributed by atoms with Gasteiger partial charge in [-0.3, -0.25) is 4.79 Å². The third-order valence-electron chi connectivity index (χ3n) is 5.08. The molecule has 2 atom stereocenters. The molecular weight excluding hydrogens is 355 g/mol. The molecule has 1 aliphatic rings. The minimum atomic E-state index is -3.80. The van der Waals surface area contributed by atoms with Gasteiger partial charge in [-0.05, 0) is 60.7 Å². The van der Waals surface area contributed by atoms with Crippen LogP contribution in [0.4, 0.5) is 4.39 Å². The maximum absolute atomic E-state index is 13.4. The molecule has 3 rings (SSSR count). The van der Waals surface area contributed by atoms with Crippen LogP contribution in [0.1, 0.15) is 42.0 Å². The first kappa shape index (κ1) is 18.5. The predicted octanol–water partition coefficient (Wildman–Crippen LogP) is 2.72. The van der Waals surface area contributed by atoms with Crippen LogP contribution in [-0.2, 0) is 21.2 Å². The summed E-state index contributed by atoms with van der Waals surface area (Å²) in [6.07, 6.45) is 1.32. The number of sulfonamides is 1. The minimum Gasteiger partial charge on any atom is -0.338 e. The normalized spacial score (nSPS) is 17.6. The number of hydrogen-bond acceptors (Lipinski definition) is 3. The van der Waals surface area contributed by atoms with Gasteiger partial charge in [-0.15, -0.1) is 0 Å². The van der Waals surface area contributed by atoms with Crippen molar-refractivity contribution in [3.8, 4) is 0 Å². The van der Waals surface area contributed by atoms with Gasteiger partial charge in [0.2, 0.25) is 15.9 Å². The van der Waals surface area contributed by atoms with Gasteiger partial charge in [0.15, 0.2) is 0 Å². The highest BCUT2D eigenvalue weighted by atomic mass is 32.2. The highest BCUT2D eigenvalue weighted by Gasteiger charge is 2.32. The van der Waals surface area contributed by atoms with Crippen LogP contribution < -0.4 is 5.14 Å². The van der Waals surface area contributed by atoms with Crippen LogP contribution in [0.5, 0.6) is 0 Å². The molecule has 0 aliphatic heterocycles. The van der Waals surface area contributed by atoms with Crippen molar-refractivity contribution in [1.82, 2.24) is 4.90 Å². The predicted molar refractivity (Wildman–Crippen MR) is 96.5 cm³/mol. The average Bonchev–Trinajstić information content (AvgIpc) is 3.02. The van der Waals surface area contributed by atoms with Crippen LogP contribution in [0.15, 0.2) is 47.4 Å². The molecule has 26 heavy (non-hydrogen) atoms. The number of fused-ring (bicyclic) bond motifs is 1. The number of aryl methyl sites for hydroxylation is 1. The van der Waals surface area contributed by atoms with Crippen LogP contribution >= 0.6 is 0 Å². The molecule has 0 saturated carbocycles. The Hall–Kier alpha value is -2.25. The summed E-state index contributed by atoms with van der Waals surface area (Å²) >= 11 is 0. The molecular formula is C19H21FN2O3S. The van der Waals surface area contributed by atoms with Crippen molar-refractivity contribution in [2.75, 3.05) is 7.05 Å². The van der Waals surface area contributed by atoms with Gasteiger partial charge in [0.05, 0.1) is 16.9 Å². The van der Waals surface area contributed by atoms with Crippen molar-refractivity contribution >= 4 is 15.9 Å². The third-order valence-corrected chi connectivity index (χ3v) is 5.99. The number of carbonyl (C=O) groups excluding carboxylic acids is 1. The molecule has 0 radical (unpaired) electrons. The van der Waals surface area contributed by atoms with Gasteiger partial charge in [-0.2, -0.15) is 0 Å². The number of likely N-dealkylation sites (N-methyl/N-ethyl adjacent to an activating group) is 1. The highest BCUT2D eigenvalue weighted by Crippen LogP contribution is 2.36. The fourth-order valence-corrected chi connectivity index (χ4v) is 4.02. The van der Waals surface area contributed by atoms with E-state index >= 15 is 0 Å². The van der Waals surface area contributed by atoms with Crippen LogP contribution in [0, 0.1) is 5.82 Å². The SMILES string of the molecule is CC(c1cccc(S(N)(=O)=O)c1)N(C)C(=O)C1CCc2cc(F)ccc21. The molecule has 2 aromatic rings. The van der Waals surface area contributed by atoms with E-state index < -0.39 is 10.0 Å². The molecule has 1 aliphatic carbocycles. The Bertz CT molecular complexity index is 959. The van der Waals surface area contributed by atoms with Crippen molar-refractivity contribution in [3.63, 3.8) is 0 Å². The van der Waals surface area contributed by atoms with Crippen molar-refractivity contribution in [2.24, 2.45) is 5.14 Å². The minimum absolute atomic E-state index is 0.0180. The Labute approximate surface area is 152 Å². The van der Waals surface area contributed by atoms with Crippen molar-refractivity contribution in [1.29, 1.82) is 0 Å². The number of amides is 1. The zero-order valence-electron chi connectivity index (χ0n) is 14.6. The van der Waals surface area contributed by atoms with E-state index in [1.165, 1.54) is 24.3 Å². The van der Waals surface area contributed by atoms with Crippen molar-refractivity contribution in [3.05, 3.63) is 65.0 Å². The molecule has 1 amide bonds. The van der Waals surface area contributed by atoms with E-state index in [4.69, 9.17) is 5.14 Å². The molecule has 0 saturated heterocycles. The van der Waals surface area contributed by atoms with Gasteiger partial charge in [-0.25, -0.2) is 17.9 Å². The molecule has 138 valence electrons. The van der Waals surface area contributed by atoms with Crippen LogP contribution in [0.2, 0.25) is 0 Å². The fraction of sp³-hybridized carbons (Fsp3) is 0.316. The van der Waals surface area contributed by atoms with E-state index in [9.17, 15) is 17.6 Å². The van der Waals surface area contributed by atoms with Gasteiger partial charge < -0.3 is 4.90 Å². The molecule has 0 heterocycles. The van der Waals surface area contributed by atoms with E-state index in [1.54, 1.807) is 30.1 Å². The maximum atomic E-state index is 13.4. The molecule has 0 aromatic heterocycles. The molecule has 2 aromatic carbocycles. The van der Waals surface area contributed by atoms with Crippen molar-refractivity contribution < 1.29 is 17.6 Å². The summed E-state index contributed by atoms with van der Waals surface area (Å²) in [6, 6.07) is 10.5. The molecule has 7 heteroatoms. The summed E-state index contributed by atoms with van der Waals surface area (Å²) < 4.78 is 36.5. The van der Waals surface area contributed by atoms with Crippen LogP contribution in [-0.4, -0.2) is 26.3 Å². The number of carbonyl (C=O) groups is 1. The van der Waals surface area contributed by atoms with Gasteiger partial charge in [0.25, 0.3) is 0 Å². The van der Waals surface area contributed by atoms with E-state index in [0.29, 0.717) is 18.4 Å². The second-order valence-electron chi connectivity index (χ2n) is 6.68. The Balaban J connectivity index is 1.84. The Kier molecular flexibility index (Phi) is 4.86. The molecule has 2 unspecified atom stereocenters. The lowest BCUT2D eigenvalue weighted by molar-refractivity contribution is -0.133. The lowest BCUT2D eigenvalue weighted by Gasteiger charge is -2.28. The molecule has 0 fully saturated rings. The van der Waals surface area contributed by atoms with Gasteiger partial charge in [0, 0.05) is 7.05 Å². The van der Waals surface area contributed by atoms with Crippen LogP contribution in [0.25, 0.3) is 0 Å². The van der Waals surface area contributed by atoms with E-state index in [1.807, 2.05) is 6.92 Å². The summed E-state index contributed by atoms with van der Waals surface area (Å²) in [4.78, 5) is 14.6. The lowest BCUT2D eigenvalue weighted by atomic mass is 9.98. The number of rotatable bonds is 4. The first-order valence-corrected chi connectivity index (χ1v) is 9.91. The molecule has 0 bridgehead atoms. The Morgan fingerprint density at radius 1 is 1.27 bits per heavy atom. The fourth-order valence-electron chi connectivity index (χ4n) is 3.45. The number of hydrogen-bond donors (Lipinski definition) is 1. The summed E-state index contributed by atoms with van der Waals surface area (Å²) in [5, 5.41) is 5.19. The largest absolute Gasteiger partial charge is 0.338 e. The van der Waals surface area contributed by atoms with E-state index in [2.05, 4.69) is 0 Å². The van der Waals surface area contributed by atoms with Gasteiger partial charge in [-0.1, -0.05) is 18.2 Å². The Morgan fingerprint density at radius 2 is 2.00 bits per heavy atom. The number of nitrogens with two attached hydrogens (primary N) is 1. The number of nitrogens with zero attached hydrogens (tertiary/aromatic N) is 1. The molecule has 5 nitrogen and oxygen atoms in total. The zero-order chi connectivity index (χ0) is 19.1. The highest BCUT2D eigenvalue weighted by molar-refractivity contribution is 7.89. The standard InChI is InChI=1S/C19H21FN2O3S/c1-12(13-4-3-5-16(11-13)26(21,24)25)22(2)19(23)18-8-6-14-10-15(20)7-9-17(14)18/h3-5,7,9-12,18H,6,8H2,1-2H3,(H2,21,24,25). The number of halogens is 1. The monoisotopic (exact) mass is 376 g/mol. The zero-order valence-corrected chi connectivity index (χ0v) is 15.5. The van der Waals surface area contributed by atoms with E-state index in [0.717, 1.165) is 11.1 Å². The quantitative estimate of drug-likeness (QED) is 0.891. The maximum Gasteiger partial charge on any atom is 0.238 e. The van der Waals surface area contributed by atoms with Gasteiger partial charge >= 0.3 is 0 Å². The molecule has 0 spiro atoms. The summed E-state index contributed by atoms with van der Waals surface area (Å²) in [7, 11) is -2.11. The van der Waals surface area contributed by atoms with Crippen molar-refractivity contribution in [2.45, 2.75) is 36.6 Å². The Morgan fingerprint density at radius 3 is 2.69 bits per heavy atom. The van der Waals surface area contributed by atoms with E-state index in [-0.39, 0.29) is 28.6 Å². The summed E-state index contributed by atoms with van der Waals surface area (Å²) in [6.45, 7) is 1.83. The lowest BCUT2D eigenvalue weighted by Crippen LogP contribution is -2.33. The first-order valence-electron chi connectivity index (χ1n) is 8.36. The topological polar surface area (TPSA) is 80.5 Å². The second kappa shape index (κ2) is 6.81. The summed E-state index contributed by atoms with van der Waals surface area (Å²) in [5.41, 5.74) is 2.43. The summed E-state index contributed by atoms with van der Waals surface area (Å²) in [5.74, 6) is -0.665. The first-order chi connectivity index (χ1) is 12.2. The number of benzene rings is 2. The third kappa shape index (κ3) is 3.50. The van der Waals surface area contributed by atoms with Gasteiger partial charge in [0.1, 0.15) is 5.82 Å². The van der Waals surface area contributed by atoms with Crippen LogP contribution in [0.3, 0.4) is 0 Å². The average molecular weight is 376 g/mol.